The second-order valence-corrected chi connectivity index (χ2v) is 8.14. The lowest BCUT2D eigenvalue weighted by Crippen LogP contribution is -2.64. The Morgan fingerprint density at radius 1 is 1.34 bits per heavy atom. The average molecular weight is 448 g/mol. The van der Waals surface area contributed by atoms with Crippen molar-refractivity contribution in [2.45, 2.75) is 44.0 Å². The molecule has 3 rings (SSSR count). The van der Waals surface area contributed by atoms with Crippen LogP contribution in [-0.2, 0) is 11.2 Å². The Labute approximate surface area is 186 Å². The van der Waals surface area contributed by atoms with Crippen LogP contribution in [-0.4, -0.2) is 93.5 Å². The van der Waals surface area contributed by atoms with E-state index >= 15 is 0 Å². The van der Waals surface area contributed by atoms with Crippen molar-refractivity contribution in [2.24, 2.45) is 5.73 Å². The van der Waals surface area contributed by atoms with Gasteiger partial charge < -0.3 is 40.9 Å². The third-order valence-electron chi connectivity index (χ3n) is 5.93. The largest absolute Gasteiger partial charge is 0.507 e. The molecular formula is C20H29BN4O7. The summed E-state index contributed by atoms with van der Waals surface area (Å²) in [7, 11) is 0.318. The van der Waals surface area contributed by atoms with Crippen LogP contribution in [0.4, 0.5) is 0 Å². The van der Waals surface area contributed by atoms with E-state index in [0.29, 0.717) is 0 Å². The first-order chi connectivity index (χ1) is 15.1. The maximum atomic E-state index is 12.8. The number of phenols is 1. The van der Waals surface area contributed by atoms with Crippen molar-refractivity contribution < 1.29 is 34.6 Å². The zero-order valence-corrected chi connectivity index (χ0v) is 18.0. The van der Waals surface area contributed by atoms with Crippen molar-refractivity contribution >= 4 is 19.0 Å². The first-order valence-corrected chi connectivity index (χ1v) is 10.4. The molecule has 11 nitrogen and oxygen atoms in total. The average Bonchev–Trinajstić information content (AvgIpc) is 2.70. The van der Waals surface area contributed by atoms with Crippen LogP contribution in [0.2, 0.25) is 6.32 Å². The van der Waals surface area contributed by atoms with E-state index in [1.165, 1.54) is 12.1 Å². The lowest BCUT2D eigenvalue weighted by molar-refractivity contribution is -0.142. The molecule has 1 fully saturated rings. The minimum absolute atomic E-state index is 0.0143. The van der Waals surface area contributed by atoms with Gasteiger partial charge in [-0.1, -0.05) is 6.07 Å². The summed E-state index contributed by atoms with van der Waals surface area (Å²) in [4.78, 5) is 28.0. The summed E-state index contributed by atoms with van der Waals surface area (Å²) in [5.74, 6) is -2.08. The smallest absolute Gasteiger partial charge is 0.451 e. The number of likely N-dealkylation sites (N-methyl/N-ethyl adjacent to an activating group) is 1. The van der Waals surface area contributed by atoms with Crippen LogP contribution >= 0.6 is 0 Å². The normalized spacial score (nSPS) is 22.1. The number of aromatic hydroxyl groups is 1. The van der Waals surface area contributed by atoms with E-state index in [2.05, 4.69) is 5.32 Å². The predicted molar refractivity (Wildman–Crippen MR) is 116 cm³/mol. The molecule has 1 aromatic rings. The number of ether oxygens (including phenoxy) is 1. The van der Waals surface area contributed by atoms with E-state index < -0.39 is 36.5 Å². The number of aryl methyl sites for hydroxylation is 1. The van der Waals surface area contributed by atoms with Crippen molar-refractivity contribution in [1.29, 1.82) is 0 Å². The number of carboxylic acids is 1. The van der Waals surface area contributed by atoms with Gasteiger partial charge in [0, 0.05) is 0 Å². The molecule has 3 unspecified atom stereocenters. The van der Waals surface area contributed by atoms with Crippen LogP contribution in [0.25, 0.3) is 0 Å². The molecule has 0 aromatic heterocycles. The first-order valence-electron chi connectivity index (χ1n) is 10.4. The van der Waals surface area contributed by atoms with Crippen LogP contribution in [0.5, 0.6) is 11.5 Å². The molecule has 0 saturated carbocycles. The van der Waals surface area contributed by atoms with Gasteiger partial charge in [-0.3, -0.25) is 9.69 Å². The predicted octanol–water partition coefficient (Wildman–Crippen LogP) is -1.21. The van der Waals surface area contributed by atoms with Gasteiger partial charge in [-0.2, -0.15) is 0 Å². The molecule has 3 atom stereocenters. The third kappa shape index (κ3) is 4.99. The van der Waals surface area contributed by atoms with Gasteiger partial charge in [0.25, 0.3) is 0 Å². The number of likely N-dealkylation sites (tertiary alicyclic amines) is 1. The Morgan fingerprint density at radius 3 is 2.66 bits per heavy atom. The van der Waals surface area contributed by atoms with Gasteiger partial charge in [0.1, 0.15) is 29.2 Å². The van der Waals surface area contributed by atoms with Crippen molar-refractivity contribution in [3.8, 4) is 11.5 Å². The van der Waals surface area contributed by atoms with E-state index in [-0.39, 0.29) is 55.3 Å². The second kappa shape index (κ2) is 9.78. The van der Waals surface area contributed by atoms with Gasteiger partial charge in [-0.25, -0.2) is 4.79 Å². The summed E-state index contributed by atoms with van der Waals surface area (Å²) < 4.78 is 5.74. The fourth-order valence-corrected chi connectivity index (χ4v) is 3.81. The molecule has 1 saturated heterocycles. The van der Waals surface area contributed by atoms with Crippen LogP contribution in [0, 0.1) is 0 Å². The number of aromatic carboxylic acids is 1. The zero-order valence-electron chi connectivity index (χ0n) is 18.0. The molecule has 2 aliphatic heterocycles. The van der Waals surface area contributed by atoms with Gasteiger partial charge in [-0.15, -0.1) is 0 Å². The second-order valence-electron chi connectivity index (χ2n) is 8.14. The molecule has 1 aromatic carbocycles. The Bertz CT molecular complexity index is 891. The summed E-state index contributed by atoms with van der Waals surface area (Å²) >= 11 is 0. The number of nitrogens with one attached hydrogen (secondary N) is 1. The Hall–Kier alpha value is -2.80. The van der Waals surface area contributed by atoms with Crippen LogP contribution < -0.4 is 15.8 Å². The van der Waals surface area contributed by atoms with Crippen molar-refractivity contribution in [3.63, 3.8) is 0 Å². The van der Waals surface area contributed by atoms with Crippen LogP contribution in [0.1, 0.15) is 22.8 Å². The standard InChI is InChI=1S/C20H29BN4O7/c1-11-23-8-6-14(24(11)2)17(22)19(27)25-9-13(10-25)32-15-4-3-12(5-7-21(30)31)18(26)16(15)20(28)29/h3-4,6,8,11,13-14,17,23,26,30-31H,5,7,9-10,22H2,1-2H3,(H,28,29). The maximum Gasteiger partial charge on any atom is 0.451 e. The van der Waals surface area contributed by atoms with Gasteiger partial charge in [-0.05, 0) is 50.6 Å². The van der Waals surface area contributed by atoms with E-state index in [4.69, 9.17) is 20.5 Å². The molecule has 1 amide bonds. The molecule has 0 bridgehead atoms. The summed E-state index contributed by atoms with van der Waals surface area (Å²) in [5.41, 5.74) is 6.08. The minimum Gasteiger partial charge on any atom is -0.507 e. The highest BCUT2D eigenvalue weighted by Gasteiger charge is 2.39. The number of nitrogens with zero attached hydrogens (tertiary/aromatic N) is 2. The van der Waals surface area contributed by atoms with Gasteiger partial charge in [0.15, 0.2) is 0 Å². The Balaban J connectivity index is 1.62. The SMILES string of the molecule is CC1NC=CC(C(N)C(=O)N2CC(Oc3ccc(CCB(O)O)c(O)c3C(=O)O)C2)N1C. The molecule has 174 valence electrons. The maximum absolute atomic E-state index is 12.8. The number of carbonyl (C=O) groups is 2. The molecule has 12 heteroatoms. The van der Waals surface area contributed by atoms with Gasteiger partial charge >= 0.3 is 13.1 Å². The van der Waals surface area contributed by atoms with Crippen molar-refractivity contribution in [3.05, 3.63) is 35.5 Å². The lowest BCUT2D eigenvalue weighted by atomic mass is 9.82. The van der Waals surface area contributed by atoms with Crippen molar-refractivity contribution in [2.75, 3.05) is 20.1 Å². The number of rotatable bonds is 8. The number of benzene rings is 1. The summed E-state index contributed by atoms with van der Waals surface area (Å²) in [5, 5.41) is 41.0. The van der Waals surface area contributed by atoms with E-state index in [9.17, 15) is 19.8 Å². The lowest BCUT2D eigenvalue weighted by Gasteiger charge is -2.43. The number of carboxylic acid groups (broad SMARTS) is 1. The number of hydrogen-bond donors (Lipinski definition) is 6. The van der Waals surface area contributed by atoms with E-state index in [1.54, 1.807) is 11.1 Å². The Morgan fingerprint density at radius 2 is 2.03 bits per heavy atom. The molecule has 2 heterocycles. The van der Waals surface area contributed by atoms with E-state index in [0.717, 1.165) is 0 Å². The Kier molecular flexibility index (Phi) is 7.29. The van der Waals surface area contributed by atoms with Gasteiger partial charge in [0.2, 0.25) is 5.91 Å². The fraction of sp³-hybridized carbons (Fsp3) is 0.500. The van der Waals surface area contributed by atoms with E-state index in [1.807, 2.05) is 24.9 Å². The third-order valence-corrected chi connectivity index (χ3v) is 5.93. The first kappa shape index (κ1) is 23.9. The van der Waals surface area contributed by atoms with Crippen LogP contribution in [0.3, 0.4) is 0 Å². The highest BCUT2D eigenvalue weighted by Crippen LogP contribution is 2.34. The number of amides is 1. The van der Waals surface area contributed by atoms with Crippen molar-refractivity contribution in [1.82, 2.24) is 15.1 Å². The number of hydrogen-bond acceptors (Lipinski definition) is 9. The van der Waals surface area contributed by atoms with Gasteiger partial charge in [0.05, 0.1) is 25.3 Å². The fourth-order valence-electron chi connectivity index (χ4n) is 3.81. The highest BCUT2D eigenvalue weighted by atomic mass is 16.5. The number of carbonyl (C=O) groups excluding carboxylic acids is 1. The molecule has 2 aliphatic rings. The molecule has 0 aliphatic carbocycles. The monoisotopic (exact) mass is 448 g/mol. The molecular weight excluding hydrogens is 419 g/mol. The van der Waals surface area contributed by atoms with Crippen LogP contribution in [0.15, 0.2) is 24.4 Å². The molecule has 32 heavy (non-hydrogen) atoms. The molecule has 0 spiro atoms. The zero-order chi connectivity index (χ0) is 23.6. The highest BCUT2D eigenvalue weighted by molar-refractivity contribution is 6.41. The molecule has 7 N–H and O–H groups in total. The molecule has 0 radical (unpaired) electrons. The quantitative estimate of drug-likeness (QED) is 0.265. The number of nitrogens with two attached hydrogens (primary N) is 1. The summed E-state index contributed by atoms with van der Waals surface area (Å²) in [6.45, 7) is 2.46. The minimum atomic E-state index is -1.56. The summed E-state index contributed by atoms with van der Waals surface area (Å²) in [6, 6.07) is 1.91. The topological polar surface area (TPSA) is 169 Å². The summed E-state index contributed by atoms with van der Waals surface area (Å²) in [6.07, 6.45) is 3.28.